The molecular formula is C18H26N6O2. The number of morpholine rings is 1. The third-order valence-electron chi connectivity index (χ3n) is 4.27. The zero-order valence-corrected chi connectivity index (χ0v) is 15.7. The normalized spacial score (nSPS) is 20.1. The number of hydrogen-bond donors (Lipinski definition) is 1. The second-order valence-corrected chi connectivity index (χ2v) is 6.88. The molecule has 0 aliphatic carbocycles. The van der Waals surface area contributed by atoms with E-state index in [9.17, 15) is 4.79 Å². The van der Waals surface area contributed by atoms with Crippen LogP contribution in [0.2, 0.25) is 0 Å². The van der Waals surface area contributed by atoms with Crippen LogP contribution in [0.4, 0.5) is 16.3 Å². The van der Waals surface area contributed by atoms with Gasteiger partial charge in [-0.2, -0.15) is 5.10 Å². The molecule has 0 unspecified atom stereocenters. The van der Waals surface area contributed by atoms with Gasteiger partial charge >= 0.3 is 6.03 Å². The highest BCUT2D eigenvalue weighted by Crippen LogP contribution is 2.19. The van der Waals surface area contributed by atoms with Crippen LogP contribution in [-0.2, 0) is 18.3 Å². The van der Waals surface area contributed by atoms with Crippen LogP contribution in [-0.4, -0.2) is 58.0 Å². The molecule has 0 spiro atoms. The van der Waals surface area contributed by atoms with Crippen molar-refractivity contribution in [2.24, 2.45) is 7.05 Å². The first-order valence-electron chi connectivity index (χ1n) is 8.77. The Balaban J connectivity index is 1.57. The van der Waals surface area contributed by atoms with Crippen LogP contribution in [0.1, 0.15) is 19.4 Å². The zero-order chi connectivity index (χ0) is 18.7. The number of carbonyl (C=O) groups excluding carboxylic acids is 1. The maximum absolute atomic E-state index is 12.3. The lowest BCUT2D eigenvalue weighted by Gasteiger charge is -2.36. The predicted octanol–water partition coefficient (Wildman–Crippen LogP) is 2.09. The molecule has 140 valence electrons. The molecule has 1 aliphatic heterocycles. The van der Waals surface area contributed by atoms with Crippen LogP contribution < -0.4 is 10.2 Å². The molecule has 0 radical (unpaired) electrons. The monoisotopic (exact) mass is 358 g/mol. The van der Waals surface area contributed by atoms with E-state index in [1.165, 1.54) is 0 Å². The highest BCUT2D eigenvalue weighted by molar-refractivity contribution is 5.89. The maximum Gasteiger partial charge on any atom is 0.321 e. The minimum atomic E-state index is -0.183. The predicted molar refractivity (Wildman–Crippen MR) is 100 cm³/mol. The van der Waals surface area contributed by atoms with Crippen molar-refractivity contribution < 1.29 is 9.53 Å². The van der Waals surface area contributed by atoms with Crippen LogP contribution >= 0.6 is 0 Å². The summed E-state index contributed by atoms with van der Waals surface area (Å²) in [5, 5.41) is 6.98. The molecule has 3 rings (SSSR count). The second kappa shape index (κ2) is 7.74. The van der Waals surface area contributed by atoms with Crippen molar-refractivity contribution >= 4 is 17.5 Å². The van der Waals surface area contributed by atoms with Crippen molar-refractivity contribution in [2.75, 3.05) is 30.4 Å². The van der Waals surface area contributed by atoms with E-state index < -0.39 is 0 Å². The topological polar surface area (TPSA) is 75.5 Å². The van der Waals surface area contributed by atoms with Crippen molar-refractivity contribution in [3.8, 4) is 0 Å². The molecule has 2 aromatic heterocycles. The second-order valence-electron chi connectivity index (χ2n) is 6.88. The maximum atomic E-state index is 12.3. The van der Waals surface area contributed by atoms with Crippen molar-refractivity contribution in [2.45, 2.75) is 32.6 Å². The fraction of sp³-hybridized carbons (Fsp3) is 0.500. The molecule has 2 atom stereocenters. The summed E-state index contributed by atoms with van der Waals surface area (Å²) in [4.78, 5) is 20.6. The molecule has 0 aromatic carbocycles. The third kappa shape index (κ3) is 4.51. The van der Waals surface area contributed by atoms with Gasteiger partial charge in [-0.25, -0.2) is 9.78 Å². The summed E-state index contributed by atoms with van der Waals surface area (Å²) in [5.41, 5.74) is 1.65. The van der Waals surface area contributed by atoms with E-state index in [-0.39, 0.29) is 18.2 Å². The van der Waals surface area contributed by atoms with Gasteiger partial charge in [-0.05, 0) is 26.0 Å². The SMILES string of the molecule is C[C@@H]1CN(c2ccc(NC(=O)N(C)Cc3cnn(C)c3)cn2)C[C@H](C)O1. The van der Waals surface area contributed by atoms with E-state index in [0.29, 0.717) is 12.2 Å². The Labute approximate surface area is 153 Å². The lowest BCUT2D eigenvalue weighted by molar-refractivity contribution is -0.00545. The first kappa shape index (κ1) is 18.2. The van der Waals surface area contributed by atoms with E-state index in [4.69, 9.17) is 4.74 Å². The van der Waals surface area contributed by atoms with Crippen LogP contribution in [0.3, 0.4) is 0 Å². The lowest BCUT2D eigenvalue weighted by atomic mass is 10.2. The highest BCUT2D eigenvalue weighted by atomic mass is 16.5. The Morgan fingerprint density at radius 2 is 2.04 bits per heavy atom. The first-order chi connectivity index (χ1) is 12.4. The molecule has 0 saturated carbocycles. The molecule has 1 fully saturated rings. The molecule has 8 heteroatoms. The minimum absolute atomic E-state index is 0.182. The number of rotatable bonds is 4. The summed E-state index contributed by atoms with van der Waals surface area (Å²) >= 11 is 0. The summed E-state index contributed by atoms with van der Waals surface area (Å²) in [5.74, 6) is 0.897. The summed E-state index contributed by atoms with van der Waals surface area (Å²) in [6.07, 6.45) is 5.70. The van der Waals surface area contributed by atoms with Gasteiger partial charge < -0.3 is 19.9 Å². The standard InChI is InChI=1S/C18H26N6O2/c1-13-9-24(10-14(2)26-13)17-6-5-16(8-19-17)21-18(25)22(3)11-15-7-20-23(4)12-15/h5-8,12-14H,9-11H2,1-4H3,(H,21,25)/t13-,14+. The number of anilines is 2. The van der Waals surface area contributed by atoms with Crippen molar-refractivity contribution in [3.63, 3.8) is 0 Å². The number of aryl methyl sites for hydroxylation is 1. The van der Waals surface area contributed by atoms with Crippen molar-refractivity contribution in [1.29, 1.82) is 0 Å². The molecule has 1 N–H and O–H groups in total. The quantitative estimate of drug-likeness (QED) is 0.906. The average Bonchev–Trinajstić information content (AvgIpc) is 2.99. The van der Waals surface area contributed by atoms with Gasteiger partial charge in [-0.1, -0.05) is 0 Å². The van der Waals surface area contributed by atoms with Crippen LogP contribution in [0, 0.1) is 0 Å². The summed E-state index contributed by atoms with van der Waals surface area (Å²) in [7, 11) is 3.60. The Hall–Kier alpha value is -2.61. The number of hydrogen-bond acceptors (Lipinski definition) is 5. The Bertz CT molecular complexity index is 734. The number of pyridine rings is 1. The van der Waals surface area contributed by atoms with Gasteiger partial charge in [0.25, 0.3) is 0 Å². The highest BCUT2D eigenvalue weighted by Gasteiger charge is 2.23. The van der Waals surface area contributed by atoms with Crippen LogP contribution in [0.5, 0.6) is 0 Å². The average molecular weight is 358 g/mol. The molecule has 3 heterocycles. The number of amides is 2. The molecule has 1 aliphatic rings. The molecule has 26 heavy (non-hydrogen) atoms. The van der Waals surface area contributed by atoms with E-state index in [1.54, 1.807) is 29.0 Å². The Morgan fingerprint density at radius 3 is 2.62 bits per heavy atom. The van der Waals surface area contributed by atoms with E-state index in [0.717, 1.165) is 24.5 Å². The summed E-state index contributed by atoms with van der Waals surface area (Å²) in [6, 6.07) is 3.63. The fourth-order valence-corrected chi connectivity index (χ4v) is 3.13. The van der Waals surface area contributed by atoms with Gasteiger partial charge in [0.2, 0.25) is 0 Å². The van der Waals surface area contributed by atoms with Gasteiger partial charge in [0.1, 0.15) is 5.82 Å². The van der Waals surface area contributed by atoms with Gasteiger partial charge in [0.05, 0.1) is 36.8 Å². The number of carbonyl (C=O) groups is 1. The number of nitrogens with zero attached hydrogens (tertiary/aromatic N) is 5. The van der Waals surface area contributed by atoms with Crippen molar-refractivity contribution in [1.82, 2.24) is 19.7 Å². The van der Waals surface area contributed by atoms with E-state index in [1.807, 2.05) is 25.4 Å². The van der Waals surface area contributed by atoms with E-state index >= 15 is 0 Å². The Kier molecular flexibility index (Phi) is 5.41. The first-order valence-corrected chi connectivity index (χ1v) is 8.77. The van der Waals surface area contributed by atoms with Gasteiger partial charge in [-0.3, -0.25) is 4.68 Å². The molecule has 8 nitrogen and oxygen atoms in total. The summed E-state index contributed by atoms with van der Waals surface area (Å²) < 4.78 is 7.47. The fourth-order valence-electron chi connectivity index (χ4n) is 3.13. The molecule has 2 amide bonds. The van der Waals surface area contributed by atoms with Crippen LogP contribution in [0.25, 0.3) is 0 Å². The van der Waals surface area contributed by atoms with E-state index in [2.05, 4.69) is 34.1 Å². The van der Waals surface area contributed by atoms with Crippen LogP contribution in [0.15, 0.2) is 30.7 Å². The smallest absolute Gasteiger partial charge is 0.321 e. The number of nitrogens with one attached hydrogen (secondary N) is 1. The Morgan fingerprint density at radius 1 is 1.31 bits per heavy atom. The van der Waals surface area contributed by atoms with Gasteiger partial charge in [-0.15, -0.1) is 0 Å². The zero-order valence-electron chi connectivity index (χ0n) is 15.7. The lowest BCUT2D eigenvalue weighted by Crippen LogP contribution is -2.45. The number of ether oxygens (including phenoxy) is 1. The number of aromatic nitrogens is 3. The molecule has 2 aromatic rings. The largest absolute Gasteiger partial charge is 0.372 e. The summed E-state index contributed by atoms with van der Waals surface area (Å²) in [6.45, 7) is 6.26. The molecule has 1 saturated heterocycles. The minimum Gasteiger partial charge on any atom is -0.372 e. The van der Waals surface area contributed by atoms with Gasteiger partial charge in [0, 0.05) is 38.9 Å². The van der Waals surface area contributed by atoms with Gasteiger partial charge in [0.15, 0.2) is 0 Å². The third-order valence-corrected chi connectivity index (χ3v) is 4.27. The molecule has 0 bridgehead atoms. The number of urea groups is 1. The molecular weight excluding hydrogens is 332 g/mol. The van der Waals surface area contributed by atoms with Crippen molar-refractivity contribution in [3.05, 3.63) is 36.3 Å².